The van der Waals surface area contributed by atoms with Crippen molar-refractivity contribution in [3.63, 3.8) is 0 Å². The maximum atomic E-state index is 13.1. The molecule has 1 aliphatic heterocycles. The van der Waals surface area contributed by atoms with Crippen LogP contribution >= 0.6 is 36.0 Å². The third-order valence-electron chi connectivity index (χ3n) is 3.79. The lowest BCUT2D eigenvalue weighted by molar-refractivity contribution is -0.0267. The molecule has 1 aliphatic rings. The first-order valence-electron chi connectivity index (χ1n) is 7.56. The molecule has 0 radical (unpaired) electrons. The summed E-state index contributed by atoms with van der Waals surface area (Å²) >= 11 is 16.2. The van der Waals surface area contributed by atoms with Gasteiger partial charge in [-0.3, -0.25) is 0 Å². The van der Waals surface area contributed by atoms with Crippen molar-refractivity contribution < 1.29 is 13.6 Å². The number of carbonyl (C=O) groups is 1. The minimum atomic E-state index is -2.71. The normalized spacial score (nSPS) is 15.3. The number of urea groups is 1. The van der Waals surface area contributed by atoms with Gasteiger partial charge in [-0.15, -0.1) is 0 Å². The Morgan fingerprint density at radius 1 is 1.31 bits per heavy atom. The van der Waals surface area contributed by atoms with Crippen LogP contribution in [0.1, 0.15) is 5.56 Å². The zero-order chi connectivity index (χ0) is 18.9. The van der Waals surface area contributed by atoms with Crippen molar-refractivity contribution in [1.82, 2.24) is 10.3 Å². The molecular formula is C16H14Cl2F2N4OS. The van der Waals surface area contributed by atoms with Gasteiger partial charge in [0.2, 0.25) is 0 Å². The molecule has 2 aromatic rings. The first-order valence-corrected chi connectivity index (χ1v) is 8.71. The number of anilines is 2. The van der Waals surface area contributed by atoms with E-state index in [2.05, 4.69) is 23.1 Å². The van der Waals surface area contributed by atoms with Gasteiger partial charge < -0.3 is 10.2 Å². The minimum Gasteiger partial charge on any atom is -0.344 e. The van der Waals surface area contributed by atoms with E-state index < -0.39 is 12.0 Å². The predicted octanol–water partition coefficient (Wildman–Crippen LogP) is 4.40. The molecule has 0 spiro atoms. The highest BCUT2D eigenvalue weighted by atomic mass is 35.5. The number of amides is 2. The molecule has 2 amide bonds. The number of benzene rings is 1. The summed E-state index contributed by atoms with van der Waals surface area (Å²) in [6, 6.07) is 7.68. The van der Waals surface area contributed by atoms with Crippen LogP contribution in [-0.4, -0.2) is 30.0 Å². The summed E-state index contributed by atoms with van der Waals surface area (Å²) in [5, 5.41) is 3.16. The van der Waals surface area contributed by atoms with Crippen LogP contribution in [0.4, 0.5) is 25.1 Å². The Morgan fingerprint density at radius 3 is 2.73 bits per heavy atom. The molecule has 138 valence electrons. The highest BCUT2D eigenvalue weighted by Gasteiger charge is 2.45. The van der Waals surface area contributed by atoms with E-state index in [1.54, 1.807) is 30.3 Å². The summed E-state index contributed by atoms with van der Waals surface area (Å²) in [4.78, 5) is 17.9. The second-order valence-electron chi connectivity index (χ2n) is 5.74. The SMILES string of the molecule is O=C(NCc1cccnc1N1CC(F)(F)C1)N(S)c1cccc(Cl)c1Cl. The molecule has 5 nitrogen and oxygen atoms in total. The van der Waals surface area contributed by atoms with Crippen molar-refractivity contribution in [2.45, 2.75) is 12.5 Å². The number of hydrogen-bond acceptors (Lipinski definition) is 4. The number of nitrogens with zero attached hydrogens (tertiary/aromatic N) is 3. The number of aromatic nitrogens is 1. The van der Waals surface area contributed by atoms with E-state index in [4.69, 9.17) is 23.2 Å². The third kappa shape index (κ3) is 3.97. The van der Waals surface area contributed by atoms with Crippen molar-refractivity contribution in [2.75, 3.05) is 22.3 Å². The minimum absolute atomic E-state index is 0.0966. The maximum Gasteiger partial charge on any atom is 0.332 e. The molecular weight excluding hydrogens is 405 g/mol. The van der Waals surface area contributed by atoms with E-state index in [0.29, 0.717) is 22.1 Å². The van der Waals surface area contributed by atoms with Crippen molar-refractivity contribution in [2.24, 2.45) is 0 Å². The van der Waals surface area contributed by atoms with E-state index in [-0.39, 0.29) is 24.7 Å². The number of rotatable bonds is 4. The van der Waals surface area contributed by atoms with E-state index in [1.165, 1.54) is 11.1 Å². The molecule has 0 aliphatic carbocycles. The zero-order valence-electron chi connectivity index (χ0n) is 13.3. The molecule has 0 unspecified atom stereocenters. The summed E-state index contributed by atoms with van der Waals surface area (Å²) in [6.45, 7) is -0.678. The van der Waals surface area contributed by atoms with Crippen LogP contribution in [0.15, 0.2) is 36.5 Å². The van der Waals surface area contributed by atoms with Crippen molar-refractivity contribution in [3.8, 4) is 0 Å². The molecule has 1 saturated heterocycles. The lowest BCUT2D eigenvalue weighted by atomic mass is 10.1. The molecule has 1 aromatic heterocycles. The van der Waals surface area contributed by atoms with Crippen LogP contribution in [0.5, 0.6) is 0 Å². The second-order valence-corrected chi connectivity index (χ2v) is 6.93. The molecule has 2 heterocycles. The number of hydrogen-bond donors (Lipinski definition) is 2. The Kier molecular flexibility index (Phi) is 5.45. The van der Waals surface area contributed by atoms with Crippen molar-refractivity contribution >= 4 is 53.6 Å². The molecule has 0 atom stereocenters. The van der Waals surface area contributed by atoms with Gasteiger partial charge in [0.15, 0.2) is 0 Å². The van der Waals surface area contributed by atoms with E-state index in [9.17, 15) is 13.6 Å². The Bertz CT molecular complexity index is 832. The highest BCUT2D eigenvalue weighted by Crippen LogP contribution is 2.34. The molecule has 0 saturated carbocycles. The summed E-state index contributed by atoms with van der Waals surface area (Å²) in [5.41, 5.74) is 0.948. The smallest absolute Gasteiger partial charge is 0.332 e. The Morgan fingerprint density at radius 2 is 2.04 bits per heavy atom. The van der Waals surface area contributed by atoms with Crippen molar-refractivity contribution in [3.05, 3.63) is 52.1 Å². The molecule has 1 aromatic carbocycles. The average Bonchev–Trinajstić information content (AvgIpc) is 2.59. The lowest BCUT2D eigenvalue weighted by Gasteiger charge is -2.40. The highest BCUT2D eigenvalue weighted by molar-refractivity contribution is 7.82. The fraction of sp³-hybridized carbons (Fsp3) is 0.250. The van der Waals surface area contributed by atoms with Gasteiger partial charge in [-0.1, -0.05) is 48.1 Å². The molecule has 10 heteroatoms. The van der Waals surface area contributed by atoms with E-state index in [0.717, 1.165) is 4.31 Å². The molecule has 1 N–H and O–H groups in total. The third-order valence-corrected chi connectivity index (χ3v) is 5.00. The van der Waals surface area contributed by atoms with Crippen LogP contribution in [-0.2, 0) is 6.54 Å². The first-order chi connectivity index (χ1) is 12.3. The van der Waals surface area contributed by atoms with Crippen LogP contribution in [0.3, 0.4) is 0 Å². The van der Waals surface area contributed by atoms with Crippen LogP contribution < -0.4 is 14.5 Å². The van der Waals surface area contributed by atoms with Crippen LogP contribution in [0.25, 0.3) is 0 Å². The number of alkyl halides is 2. The summed E-state index contributed by atoms with van der Waals surface area (Å²) < 4.78 is 27.2. The Hall–Kier alpha value is -1.77. The fourth-order valence-corrected chi connectivity index (χ4v) is 3.20. The van der Waals surface area contributed by atoms with Gasteiger partial charge in [-0.25, -0.2) is 22.9 Å². The number of thiol groups is 1. The van der Waals surface area contributed by atoms with Gasteiger partial charge in [-0.05, 0) is 18.2 Å². The predicted molar refractivity (Wildman–Crippen MR) is 102 cm³/mol. The van der Waals surface area contributed by atoms with Gasteiger partial charge in [0.05, 0.1) is 28.8 Å². The number of carbonyl (C=O) groups excluding carboxylic acids is 1. The average molecular weight is 419 g/mol. The first kappa shape index (κ1) is 19.0. The Balaban J connectivity index is 1.68. The van der Waals surface area contributed by atoms with Crippen LogP contribution in [0.2, 0.25) is 10.0 Å². The van der Waals surface area contributed by atoms with Crippen molar-refractivity contribution in [1.29, 1.82) is 0 Å². The topological polar surface area (TPSA) is 48.5 Å². The standard InChI is InChI=1S/C16H14Cl2F2N4OS/c17-11-4-1-5-12(13(11)18)24(26)15(25)22-7-10-3-2-6-21-14(10)23-8-16(19,20)9-23/h1-6,26H,7-9H2,(H,22,25). The van der Waals surface area contributed by atoms with Gasteiger partial charge in [0.1, 0.15) is 5.82 Å². The largest absolute Gasteiger partial charge is 0.344 e. The lowest BCUT2D eigenvalue weighted by Crippen LogP contribution is -2.57. The number of halogens is 4. The zero-order valence-corrected chi connectivity index (χ0v) is 15.7. The maximum absolute atomic E-state index is 13.1. The summed E-state index contributed by atoms with van der Waals surface area (Å²) in [6.07, 6.45) is 1.52. The molecule has 0 bridgehead atoms. The summed E-state index contributed by atoms with van der Waals surface area (Å²) in [5.74, 6) is -2.28. The number of nitrogens with one attached hydrogen (secondary N) is 1. The summed E-state index contributed by atoms with van der Waals surface area (Å²) in [7, 11) is 0. The molecule has 3 rings (SSSR count). The van der Waals surface area contributed by atoms with Crippen LogP contribution in [0, 0.1) is 0 Å². The fourth-order valence-electron chi connectivity index (χ4n) is 2.53. The molecule has 26 heavy (non-hydrogen) atoms. The van der Waals surface area contributed by atoms with Gasteiger partial charge in [0, 0.05) is 18.3 Å². The van der Waals surface area contributed by atoms with E-state index in [1.807, 2.05) is 0 Å². The van der Waals surface area contributed by atoms with E-state index >= 15 is 0 Å². The van der Waals surface area contributed by atoms with Gasteiger partial charge in [0.25, 0.3) is 5.92 Å². The number of pyridine rings is 1. The van der Waals surface area contributed by atoms with Gasteiger partial charge in [-0.2, -0.15) is 0 Å². The quantitative estimate of drug-likeness (QED) is 0.723. The molecule has 1 fully saturated rings. The Labute approximate surface area is 164 Å². The van der Waals surface area contributed by atoms with Gasteiger partial charge >= 0.3 is 6.03 Å². The monoisotopic (exact) mass is 418 g/mol. The second kappa shape index (κ2) is 7.46.